The molecule has 3 rings (SSSR count). The summed E-state index contributed by atoms with van der Waals surface area (Å²) >= 11 is 0. The molecule has 0 saturated carbocycles. The van der Waals surface area contributed by atoms with Crippen LogP contribution in [0.4, 0.5) is 4.39 Å². The summed E-state index contributed by atoms with van der Waals surface area (Å²) in [6, 6.07) is 6.73. The van der Waals surface area contributed by atoms with Gasteiger partial charge in [0.15, 0.2) is 0 Å². The van der Waals surface area contributed by atoms with Crippen LogP contribution >= 0.6 is 0 Å². The number of hydrogen-bond donors (Lipinski definition) is 1. The van der Waals surface area contributed by atoms with Crippen molar-refractivity contribution < 1.29 is 9.50 Å². The fourth-order valence-corrected chi connectivity index (χ4v) is 2.54. The van der Waals surface area contributed by atoms with E-state index in [-0.39, 0.29) is 11.9 Å². The third-order valence-electron chi connectivity index (χ3n) is 3.39. The first-order chi connectivity index (χ1) is 8.72. The van der Waals surface area contributed by atoms with Gasteiger partial charge in [0.25, 0.3) is 0 Å². The fraction of sp³-hybridized carbons (Fsp3) is 0.357. The molecule has 1 aromatic heterocycles. The predicted octanol–water partition coefficient (Wildman–Crippen LogP) is 1.94. The first-order valence-electron chi connectivity index (χ1n) is 6.16. The van der Waals surface area contributed by atoms with Gasteiger partial charge in [-0.2, -0.15) is 0 Å². The second-order valence-electron chi connectivity index (χ2n) is 4.82. The summed E-state index contributed by atoms with van der Waals surface area (Å²) < 4.78 is 13.6. The molecule has 1 saturated heterocycles. The average molecular weight is 246 g/mol. The molecule has 1 aliphatic heterocycles. The number of likely N-dealkylation sites (tertiary alicyclic amines) is 1. The number of rotatable bonds is 2. The molecule has 0 aliphatic carbocycles. The molecule has 1 atom stereocenters. The average Bonchev–Trinajstić information content (AvgIpc) is 2.74. The molecular weight excluding hydrogens is 231 g/mol. The Balaban J connectivity index is 1.95. The maximum Gasteiger partial charge on any atom is 0.124 e. The van der Waals surface area contributed by atoms with Crippen molar-refractivity contribution in [2.75, 3.05) is 13.1 Å². The van der Waals surface area contributed by atoms with Crippen LogP contribution in [0.1, 0.15) is 12.0 Å². The zero-order valence-electron chi connectivity index (χ0n) is 10.0. The molecule has 0 bridgehead atoms. The highest BCUT2D eigenvalue weighted by Crippen LogP contribution is 2.21. The van der Waals surface area contributed by atoms with Gasteiger partial charge >= 0.3 is 0 Å². The lowest BCUT2D eigenvalue weighted by Gasteiger charge is -2.16. The molecule has 1 fully saturated rings. The Kier molecular flexibility index (Phi) is 2.97. The lowest BCUT2D eigenvalue weighted by Crippen LogP contribution is -2.21. The van der Waals surface area contributed by atoms with Crippen molar-refractivity contribution in [3.63, 3.8) is 0 Å². The predicted molar refractivity (Wildman–Crippen MR) is 67.6 cm³/mol. The topological polar surface area (TPSA) is 36.4 Å². The van der Waals surface area contributed by atoms with E-state index in [0.717, 1.165) is 29.4 Å². The molecule has 2 aromatic rings. The molecule has 0 spiro atoms. The molecule has 0 amide bonds. The van der Waals surface area contributed by atoms with Crippen molar-refractivity contribution in [1.82, 2.24) is 9.88 Å². The summed E-state index contributed by atoms with van der Waals surface area (Å²) in [4.78, 5) is 6.46. The van der Waals surface area contributed by atoms with Gasteiger partial charge in [-0.25, -0.2) is 4.39 Å². The molecule has 4 heteroatoms. The number of aliphatic hydroxyl groups excluding tert-OH is 1. The summed E-state index contributed by atoms with van der Waals surface area (Å²) in [5.74, 6) is -0.231. The number of β-amino-alcohol motifs (C(OH)–C–C–N with tert-alkyl or cyclic N) is 1. The SMILES string of the molecule is OC1CCN(Cc2cc(F)cc3cccnc23)C1. The molecule has 18 heavy (non-hydrogen) atoms. The molecule has 1 N–H and O–H groups in total. The van der Waals surface area contributed by atoms with Gasteiger partial charge in [-0.3, -0.25) is 9.88 Å². The molecular formula is C14H15FN2O. The number of hydrogen-bond acceptors (Lipinski definition) is 3. The Morgan fingerprint density at radius 3 is 3.11 bits per heavy atom. The van der Waals surface area contributed by atoms with E-state index in [2.05, 4.69) is 9.88 Å². The lowest BCUT2D eigenvalue weighted by molar-refractivity contribution is 0.175. The summed E-state index contributed by atoms with van der Waals surface area (Å²) in [6.07, 6.45) is 2.27. The van der Waals surface area contributed by atoms with Crippen molar-refractivity contribution in [2.45, 2.75) is 19.1 Å². The Bertz CT molecular complexity index is 573. The van der Waals surface area contributed by atoms with E-state index < -0.39 is 0 Å². The number of halogens is 1. The Labute approximate surface area is 105 Å². The maximum absolute atomic E-state index is 13.6. The molecule has 1 aliphatic rings. The van der Waals surface area contributed by atoms with E-state index in [1.807, 2.05) is 12.1 Å². The minimum Gasteiger partial charge on any atom is -0.392 e. The maximum atomic E-state index is 13.6. The van der Waals surface area contributed by atoms with Gasteiger partial charge in [-0.05, 0) is 30.2 Å². The van der Waals surface area contributed by atoms with Crippen molar-refractivity contribution in [1.29, 1.82) is 0 Å². The summed E-state index contributed by atoms with van der Waals surface area (Å²) in [5.41, 5.74) is 1.74. The van der Waals surface area contributed by atoms with Gasteiger partial charge in [0.1, 0.15) is 5.82 Å². The molecule has 0 radical (unpaired) electrons. The fourth-order valence-electron chi connectivity index (χ4n) is 2.54. The van der Waals surface area contributed by atoms with Gasteiger partial charge in [0.2, 0.25) is 0 Å². The molecule has 1 unspecified atom stereocenters. The normalized spacial score (nSPS) is 20.7. The summed E-state index contributed by atoms with van der Waals surface area (Å²) in [6.45, 7) is 2.15. The van der Waals surface area contributed by atoms with E-state index in [0.29, 0.717) is 13.1 Å². The number of fused-ring (bicyclic) bond motifs is 1. The van der Waals surface area contributed by atoms with E-state index in [1.54, 1.807) is 12.3 Å². The minimum atomic E-state index is -0.252. The quantitative estimate of drug-likeness (QED) is 0.879. The van der Waals surface area contributed by atoms with Crippen LogP contribution in [0.2, 0.25) is 0 Å². The van der Waals surface area contributed by atoms with Gasteiger partial charge in [0, 0.05) is 31.2 Å². The highest BCUT2D eigenvalue weighted by atomic mass is 19.1. The van der Waals surface area contributed by atoms with Crippen LogP contribution in [0.5, 0.6) is 0 Å². The molecule has 94 valence electrons. The van der Waals surface area contributed by atoms with Crippen LogP contribution in [0.25, 0.3) is 10.9 Å². The van der Waals surface area contributed by atoms with Crippen molar-refractivity contribution in [2.24, 2.45) is 0 Å². The Morgan fingerprint density at radius 1 is 1.44 bits per heavy atom. The van der Waals surface area contributed by atoms with Gasteiger partial charge in [-0.1, -0.05) is 6.07 Å². The monoisotopic (exact) mass is 246 g/mol. The Morgan fingerprint density at radius 2 is 2.33 bits per heavy atom. The van der Waals surface area contributed by atoms with Crippen LogP contribution in [-0.4, -0.2) is 34.2 Å². The van der Waals surface area contributed by atoms with Crippen LogP contribution < -0.4 is 0 Å². The zero-order valence-corrected chi connectivity index (χ0v) is 10.0. The largest absolute Gasteiger partial charge is 0.392 e. The number of nitrogens with zero attached hydrogens (tertiary/aromatic N) is 2. The highest BCUT2D eigenvalue weighted by molar-refractivity contribution is 5.81. The molecule has 1 aromatic carbocycles. The number of aliphatic hydroxyl groups is 1. The zero-order chi connectivity index (χ0) is 12.5. The second kappa shape index (κ2) is 4.63. The number of aromatic nitrogens is 1. The van der Waals surface area contributed by atoms with Crippen molar-refractivity contribution >= 4 is 10.9 Å². The smallest absolute Gasteiger partial charge is 0.124 e. The lowest BCUT2D eigenvalue weighted by atomic mass is 10.1. The van der Waals surface area contributed by atoms with Crippen molar-refractivity contribution in [3.05, 3.63) is 41.8 Å². The van der Waals surface area contributed by atoms with Crippen LogP contribution in [0.3, 0.4) is 0 Å². The highest BCUT2D eigenvalue weighted by Gasteiger charge is 2.21. The third kappa shape index (κ3) is 2.21. The van der Waals surface area contributed by atoms with Gasteiger partial charge < -0.3 is 5.11 Å². The van der Waals surface area contributed by atoms with Crippen molar-refractivity contribution in [3.8, 4) is 0 Å². The van der Waals surface area contributed by atoms with E-state index in [9.17, 15) is 9.50 Å². The first-order valence-corrected chi connectivity index (χ1v) is 6.16. The van der Waals surface area contributed by atoms with E-state index in [4.69, 9.17) is 0 Å². The number of pyridine rings is 1. The standard InChI is InChI=1S/C14H15FN2O/c15-12-6-10-2-1-4-16-14(10)11(7-12)8-17-5-3-13(18)9-17/h1-2,4,6-7,13,18H,3,5,8-9H2. The Hall–Kier alpha value is -1.52. The van der Waals surface area contributed by atoms with Crippen LogP contribution in [0, 0.1) is 5.82 Å². The van der Waals surface area contributed by atoms with Crippen LogP contribution in [-0.2, 0) is 6.54 Å². The summed E-state index contributed by atoms with van der Waals surface area (Å²) in [5, 5.41) is 10.3. The minimum absolute atomic E-state index is 0.231. The summed E-state index contributed by atoms with van der Waals surface area (Å²) in [7, 11) is 0. The second-order valence-corrected chi connectivity index (χ2v) is 4.82. The van der Waals surface area contributed by atoms with Crippen LogP contribution in [0.15, 0.2) is 30.5 Å². The third-order valence-corrected chi connectivity index (χ3v) is 3.39. The van der Waals surface area contributed by atoms with Gasteiger partial charge in [0.05, 0.1) is 11.6 Å². The molecule has 3 nitrogen and oxygen atoms in total. The van der Waals surface area contributed by atoms with E-state index in [1.165, 1.54) is 6.07 Å². The van der Waals surface area contributed by atoms with Gasteiger partial charge in [-0.15, -0.1) is 0 Å². The molecule has 2 heterocycles. The number of benzene rings is 1. The first kappa shape index (κ1) is 11.6. The van der Waals surface area contributed by atoms with E-state index >= 15 is 0 Å².